The van der Waals surface area contributed by atoms with Crippen LogP contribution >= 0.6 is 0 Å². The summed E-state index contributed by atoms with van der Waals surface area (Å²) in [6.07, 6.45) is 1.39. The molecule has 0 aromatic heterocycles. The molecule has 0 saturated carbocycles. The van der Waals surface area contributed by atoms with Gasteiger partial charge in [-0.25, -0.2) is 0 Å². The van der Waals surface area contributed by atoms with E-state index in [0.717, 1.165) is 5.92 Å². The van der Waals surface area contributed by atoms with Gasteiger partial charge in [-0.3, -0.25) is 9.80 Å². The molecule has 0 spiro atoms. The third-order valence-corrected chi connectivity index (χ3v) is 5.58. The maximum absolute atomic E-state index is 2.70. The van der Waals surface area contributed by atoms with E-state index in [4.69, 9.17) is 0 Å². The first kappa shape index (κ1) is 11.0. The van der Waals surface area contributed by atoms with Crippen molar-refractivity contribution in [3.8, 4) is 0 Å². The number of benzene rings is 1. The van der Waals surface area contributed by atoms with Crippen molar-refractivity contribution >= 4 is 0 Å². The highest BCUT2D eigenvalue weighted by Gasteiger charge is 2.54. The molecule has 2 heteroatoms. The van der Waals surface area contributed by atoms with E-state index in [-0.39, 0.29) is 0 Å². The lowest BCUT2D eigenvalue weighted by Crippen LogP contribution is -2.72. The first-order valence-electron chi connectivity index (χ1n) is 7.21. The summed E-state index contributed by atoms with van der Waals surface area (Å²) in [4.78, 5) is 5.37. The third-order valence-electron chi connectivity index (χ3n) is 5.58. The Bertz CT molecular complexity index is 468. The molecule has 0 radical (unpaired) electrons. The van der Waals surface area contributed by atoms with Gasteiger partial charge in [-0.2, -0.15) is 0 Å². The Labute approximate surface area is 110 Å². The molecule has 4 fully saturated rings. The van der Waals surface area contributed by atoms with Crippen molar-refractivity contribution in [2.75, 3.05) is 26.3 Å². The number of nitrogens with zero attached hydrogens (tertiary/aromatic N) is 2. The molecule has 5 rings (SSSR count). The van der Waals surface area contributed by atoms with Crippen molar-refractivity contribution in [2.24, 2.45) is 5.92 Å². The second-order valence-corrected chi connectivity index (χ2v) is 6.64. The maximum atomic E-state index is 2.70. The zero-order valence-electron chi connectivity index (χ0n) is 11.4. The smallest absolute Gasteiger partial charge is 0.0509 e. The Kier molecular flexibility index (Phi) is 2.19. The molecule has 18 heavy (non-hydrogen) atoms. The predicted octanol–water partition coefficient (Wildman–Crippen LogP) is 2.23. The van der Waals surface area contributed by atoms with E-state index < -0.39 is 0 Å². The van der Waals surface area contributed by atoms with Gasteiger partial charge in [-0.15, -0.1) is 0 Å². The van der Waals surface area contributed by atoms with Gasteiger partial charge in [0.1, 0.15) is 0 Å². The Hall–Kier alpha value is -0.860. The molecule has 96 valence electrons. The summed E-state index contributed by atoms with van der Waals surface area (Å²) in [6.45, 7) is 9.86. The lowest BCUT2D eigenvalue weighted by atomic mass is 9.61. The molecule has 4 aliphatic heterocycles. The van der Waals surface area contributed by atoms with E-state index in [9.17, 15) is 0 Å². The molecule has 4 saturated heterocycles. The fraction of sp³-hybridized carbons (Fsp3) is 0.625. The molecular formula is C16H22N2. The van der Waals surface area contributed by atoms with Crippen LogP contribution in [0.1, 0.15) is 24.5 Å². The van der Waals surface area contributed by atoms with Crippen LogP contribution < -0.4 is 0 Å². The summed E-state index contributed by atoms with van der Waals surface area (Å²) in [7, 11) is 0. The number of piperidine rings is 2. The van der Waals surface area contributed by atoms with E-state index in [0.29, 0.717) is 11.5 Å². The van der Waals surface area contributed by atoms with Crippen LogP contribution in [0.15, 0.2) is 24.3 Å². The lowest BCUT2D eigenvalue weighted by Gasteiger charge is -2.63. The van der Waals surface area contributed by atoms with Gasteiger partial charge in [0.2, 0.25) is 0 Å². The monoisotopic (exact) mass is 242 g/mol. The molecule has 4 aliphatic rings. The minimum absolute atomic E-state index is 0.394. The van der Waals surface area contributed by atoms with E-state index in [2.05, 4.69) is 47.9 Å². The second-order valence-electron chi connectivity index (χ2n) is 6.64. The van der Waals surface area contributed by atoms with Crippen molar-refractivity contribution in [3.63, 3.8) is 0 Å². The highest BCUT2D eigenvalue weighted by atomic mass is 15.4. The summed E-state index contributed by atoms with van der Waals surface area (Å²) in [5.41, 5.74) is 3.48. The van der Waals surface area contributed by atoms with Gasteiger partial charge in [0.05, 0.1) is 6.67 Å². The zero-order valence-corrected chi connectivity index (χ0v) is 11.4. The first-order chi connectivity index (χ1) is 8.69. The van der Waals surface area contributed by atoms with Gasteiger partial charge >= 0.3 is 0 Å². The van der Waals surface area contributed by atoms with Crippen LogP contribution in [0.4, 0.5) is 0 Å². The number of aryl methyl sites for hydroxylation is 1. The number of rotatable bonds is 1. The van der Waals surface area contributed by atoms with Crippen LogP contribution in [0.3, 0.4) is 0 Å². The summed E-state index contributed by atoms with van der Waals surface area (Å²) in [5, 5.41) is 0. The summed E-state index contributed by atoms with van der Waals surface area (Å²) >= 11 is 0. The maximum Gasteiger partial charge on any atom is 0.0509 e. The summed E-state index contributed by atoms with van der Waals surface area (Å²) < 4.78 is 0. The number of hydrogen-bond donors (Lipinski definition) is 0. The Balaban J connectivity index is 1.85. The van der Waals surface area contributed by atoms with E-state index >= 15 is 0 Å². The molecule has 4 heterocycles. The Morgan fingerprint density at radius 2 is 2.06 bits per heavy atom. The van der Waals surface area contributed by atoms with Crippen molar-refractivity contribution < 1.29 is 0 Å². The fourth-order valence-corrected chi connectivity index (χ4v) is 4.83. The molecule has 1 aromatic carbocycles. The van der Waals surface area contributed by atoms with Crippen LogP contribution in [0.25, 0.3) is 0 Å². The topological polar surface area (TPSA) is 6.48 Å². The SMILES string of the molecule is Cc1ccccc1C12CC3CN(CN(C3)C1C)C2. The van der Waals surface area contributed by atoms with Gasteiger partial charge < -0.3 is 0 Å². The first-order valence-corrected chi connectivity index (χ1v) is 7.21. The molecule has 0 N–H and O–H groups in total. The molecule has 5 unspecified atom stereocenters. The van der Waals surface area contributed by atoms with Gasteiger partial charge in [0.25, 0.3) is 0 Å². The van der Waals surface area contributed by atoms with E-state index in [1.807, 2.05) is 0 Å². The molecule has 2 nitrogen and oxygen atoms in total. The van der Waals surface area contributed by atoms with Crippen molar-refractivity contribution in [2.45, 2.75) is 31.7 Å². The minimum Gasteiger partial charge on any atom is -0.289 e. The molecule has 5 atom stereocenters. The van der Waals surface area contributed by atoms with Crippen molar-refractivity contribution in [1.82, 2.24) is 9.80 Å². The third kappa shape index (κ3) is 1.31. The molecule has 0 amide bonds. The van der Waals surface area contributed by atoms with Crippen molar-refractivity contribution in [1.29, 1.82) is 0 Å². The standard InChI is InChI=1S/C16H22N2/c1-12-5-3-4-6-15(12)16-7-14-8-17(10-16)11-18(9-14)13(16)2/h3-6,13-14H,7-11H2,1-2H3. The van der Waals surface area contributed by atoms with Gasteiger partial charge in [0, 0.05) is 31.1 Å². The average Bonchev–Trinajstić information content (AvgIpc) is 2.35. The molecular weight excluding hydrogens is 220 g/mol. The van der Waals surface area contributed by atoms with Crippen molar-refractivity contribution in [3.05, 3.63) is 35.4 Å². The molecule has 1 aromatic rings. The van der Waals surface area contributed by atoms with Crippen LogP contribution in [0, 0.1) is 12.8 Å². The molecule has 4 bridgehead atoms. The quantitative estimate of drug-likeness (QED) is 0.745. The van der Waals surface area contributed by atoms with Crippen LogP contribution in [-0.4, -0.2) is 42.1 Å². The fourth-order valence-electron chi connectivity index (χ4n) is 4.83. The van der Waals surface area contributed by atoms with Crippen LogP contribution in [-0.2, 0) is 5.41 Å². The average molecular weight is 242 g/mol. The summed E-state index contributed by atoms with van der Waals surface area (Å²) in [5.74, 6) is 0.892. The summed E-state index contributed by atoms with van der Waals surface area (Å²) in [6, 6.07) is 9.75. The lowest BCUT2D eigenvalue weighted by molar-refractivity contribution is -0.121. The van der Waals surface area contributed by atoms with Crippen LogP contribution in [0.5, 0.6) is 0 Å². The zero-order chi connectivity index (χ0) is 12.3. The predicted molar refractivity (Wildman–Crippen MR) is 73.6 cm³/mol. The normalized spacial score (nSPS) is 45.4. The molecule has 0 aliphatic carbocycles. The minimum atomic E-state index is 0.394. The highest BCUT2D eigenvalue weighted by molar-refractivity contribution is 5.38. The van der Waals surface area contributed by atoms with E-state index in [1.165, 1.54) is 38.3 Å². The Morgan fingerprint density at radius 1 is 1.22 bits per heavy atom. The highest BCUT2D eigenvalue weighted by Crippen LogP contribution is 2.49. The van der Waals surface area contributed by atoms with E-state index in [1.54, 1.807) is 5.56 Å². The largest absolute Gasteiger partial charge is 0.289 e. The van der Waals surface area contributed by atoms with Gasteiger partial charge in [-0.05, 0) is 37.3 Å². The van der Waals surface area contributed by atoms with Gasteiger partial charge in [0.15, 0.2) is 0 Å². The Morgan fingerprint density at radius 3 is 2.83 bits per heavy atom. The number of hydrogen-bond acceptors (Lipinski definition) is 2. The second kappa shape index (κ2) is 3.58. The van der Waals surface area contributed by atoms with Gasteiger partial charge in [-0.1, -0.05) is 24.3 Å². The van der Waals surface area contributed by atoms with Crippen LogP contribution in [0.2, 0.25) is 0 Å².